The van der Waals surface area contributed by atoms with Gasteiger partial charge >= 0.3 is 6.18 Å². The highest BCUT2D eigenvalue weighted by atomic mass is 19.4. The van der Waals surface area contributed by atoms with Gasteiger partial charge in [-0.15, -0.1) is 0 Å². The molecule has 0 fully saturated rings. The Bertz CT molecular complexity index is 472. The zero-order valence-corrected chi connectivity index (χ0v) is 13.5. The summed E-state index contributed by atoms with van der Waals surface area (Å²) in [7, 11) is 1.62. The number of unbranched alkanes of at least 4 members (excludes halogenated alkanes) is 1. The van der Waals surface area contributed by atoms with E-state index in [1.807, 2.05) is 31.2 Å². The predicted molar refractivity (Wildman–Crippen MR) is 85.9 cm³/mol. The molecule has 0 aliphatic carbocycles. The Labute approximate surface area is 135 Å². The number of rotatable bonds is 8. The summed E-state index contributed by atoms with van der Waals surface area (Å²) in [6.45, 7) is 3.48. The second-order valence-corrected chi connectivity index (χ2v) is 5.16. The van der Waals surface area contributed by atoms with Crippen LogP contribution in [-0.2, 0) is 0 Å². The van der Waals surface area contributed by atoms with Gasteiger partial charge < -0.3 is 15.4 Å². The molecule has 0 saturated heterocycles. The van der Waals surface area contributed by atoms with E-state index >= 15 is 0 Å². The van der Waals surface area contributed by atoms with Gasteiger partial charge in [-0.3, -0.25) is 4.99 Å². The van der Waals surface area contributed by atoms with E-state index in [0.717, 1.165) is 5.75 Å². The molecule has 0 saturated carbocycles. The maximum absolute atomic E-state index is 12.0. The lowest BCUT2D eigenvalue weighted by molar-refractivity contribution is -0.135. The number of nitrogens with zero attached hydrogens (tertiary/aromatic N) is 1. The molecule has 2 N–H and O–H groups in total. The lowest BCUT2D eigenvalue weighted by Gasteiger charge is -2.13. The van der Waals surface area contributed by atoms with Crippen LogP contribution < -0.4 is 15.4 Å². The molecule has 0 heterocycles. The van der Waals surface area contributed by atoms with Crippen molar-refractivity contribution in [2.75, 3.05) is 26.7 Å². The van der Waals surface area contributed by atoms with Crippen LogP contribution in [0.5, 0.6) is 5.75 Å². The third kappa shape index (κ3) is 9.65. The Hall–Kier alpha value is -1.92. The number of hydrogen-bond acceptors (Lipinski definition) is 2. The van der Waals surface area contributed by atoms with Crippen molar-refractivity contribution < 1.29 is 17.9 Å². The lowest BCUT2D eigenvalue weighted by atomic mass is 10.2. The zero-order chi connectivity index (χ0) is 17.1. The van der Waals surface area contributed by atoms with Gasteiger partial charge in [0.05, 0.1) is 6.54 Å². The highest BCUT2D eigenvalue weighted by Gasteiger charge is 2.25. The fourth-order valence-corrected chi connectivity index (χ4v) is 1.85. The number of nitrogens with one attached hydrogen (secondary N) is 2. The van der Waals surface area contributed by atoms with Crippen molar-refractivity contribution in [2.24, 2.45) is 4.99 Å². The first kappa shape index (κ1) is 19.1. The molecule has 0 amide bonds. The summed E-state index contributed by atoms with van der Waals surface area (Å²) in [5, 5.41) is 6.03. The number of aryl methyl sites for hydroxylation is 1. The average Bonchev–Trinajstić information content (AvgIpc) is 2.49. The largest absolute Gasteiger partial charge is 0.492 e. The molecule has 4 nitrogen and oxygen atoms in total. The van der Waals surface area contributed by atoms with E-state index in [-0.39, 0.29) is 6.42 Å². The Morgan fingerprint density at radius 1 is 1.09 bits per heavy atom. The van der Waals surface area contributed by atoms with Gasteiger partial charge in [0.1, 0.15) is 12.4 Å². The highest BCUT2D eigenvalue weighted by molar-refractivity contribution is 5.79. The van der Waals surface area contributed by atoms with Crippen molar-refractivity contribution >= 4 is 5.96 Å². The minimum atomic E-state index is -4.08. The van der Waals surface area contributed by atoms with Gasteiger partial charge in [-0.2, -0.15) is 13.2 Å². The maximum Gasteiger partial charge on any atom is 0.389 e. The molecule has 0 aliphatic rings. The molecule has 0 radical (unpaired) electrons. The molecule has 1 aromatic carbocycles. The Morgan fingerprint density at radius 2 is 1.74 bits per heavy atom. The van der Waals surface area contributed by atoms with E-state index in [1.165, 1.54) is 5.56 Å². The summed E-state index contributed by atoms with van der Waals surface area (Å²) >= 11 is 0. The minimum Gasteiger partial charge on any atom is -0.492 e. The second kappa shape index (κ2) is 9.97. The monoisotopic (exact) mass is 331 g/mol. The number of halogens is 3. The predicted octanol–water partition coefficient (Wildman–Crippen LogP) is 3.27. The van der Waals surface area contributed by atoms with E-state index in [2.05, 4.69) is 15.6 Å². The summed E-state index contributed by atoms with van der Waals surface area (Å²) < 4.78 is 41.6. The van der Waals surface area contributed by atoms with Crippen LogP contribution in [0.15, 0.2) is 29.3 Å². The third-order valence-electron chi connectivity index (χ3n) is 3.09. The number of benzene rings is 1. The van der Waals surface area contributed by atoms with Crippen LogP contribution in [0.2, 0.25) is 0 Å². The summed E-state index contributed by atoms with van der Waals surface area (Å²) in [5.41, 5.74) is 1.17. The van der Waals surface area contributed by atoms with Crippen LogP contribution in [0.25, 0.3) is 0 Å². The Kier molecular flexibility index (Phi) is 8.29. The molecule has 23 heavy (non-hydrogen) atoms. The molecule has 1 rings (SSSR count). The van der Waals surface area contributed by atoms with E-state index < -0.39 is 12.6 Å². The maximum atomic E-state index is 12.0. The molecule has 130 valence electrons. The highest BCUT2D eigenvalue weighted by Crippen LogP contribution is 2.21. The minimum absolute atomic E-state index is 0.115. The molecule has 0 spiro atoms. The van der Waals surface area contributed by atoms with Gasteiger partial charge in [0.2, 0.25) is 0 Å². The first-order chi connectivity index (χ1) is 10.9. The first-order valence-electron chi connectivity index (χ1n) is 7.61. The SMILES string of the molecule is CN=C(NCCCCC(F)(F)F)NCCOc1ccc(C)cc1. The van der Waals surface area contributed by atoms with Crippen LogP contribution in [-0.4, -0.2) is 38.9 Å². The number of guanidine groups is 1. The van der Waals surface area contributed by atoms with Gasteiger partial charge in [-0.05, 0) is 31.9 Å². The molecule has 0 aromatic heterocycles. The van der Waals surface area contributed by atoms with Crippen molar-refractivity contribution in [1.29, 1.82) is 0 Å². The fourth-order valence-electron chi connectivity index (χ4n) is 1.85. The van der Waals surface area contributed by atoms with Crippen molar-refractivity contribution in [3.63, 3.8) is 0 Å². The molecule has 1 aromatic rings. The van der Waals surface area contributed by atoms with Crippen molar-refractivity contribution in [3.8, 4) is 5.75 Å². The lowest BCUT2D eigenvalue weighted by Crippen LogP contribution is -2.39. The van der Waals surface area contributed by atoms with Crippen LogP contribution in [0, 0.1) is 6.92 Å². The summed E-state index contributed by atoms with van der Waals surface area (Å²) in [5.74, 6) is 1.36. The van der Waals surface area contributed by atoms with Crippen molar-refractivity contribution in [3.05, 3.63) is 29.8 Å². The smallest absolute Gasteiger partial charge is 0.389 e. The number of aliphatic imine (C=N–C) groups is 1. The van der Waals surface area contributed by atoms with Crippen molar-refractivity contribution in [2.45, 2.75) is 32.4 Å². The molecule has 7 heteroatoms. The number of ether oxygens (including phenoxy) is 1. The van der Waals surface area contributed by atoms with E-state index in [0.29, 0.717) is 32.1 Å². The van der Waals surface area contributed by atoms with Crippen LogP contribution in [0.4, 0.5) is 13.2 Å². The summed E-state index contributed by atoms with van der Waals surface area (Å²) in [4.78, 5) is 4.01. The third-order valence-corrected chi connectivity index (χ3v) is 3.09. The van der Waals surface area contributed by atoms with Gasteiger partial charge in [-0.25, -0.2) is 0 Å². The Balaban J connectivity index is 2.11. The fraction of sp³-hybridized carbons (Fsp3) is 0.562. The van der Waals surface area contributed by atoms with Gasteiger partial charge in [0.15, 0.2) is 5.96 Å². The first-order valence-corrected chi connectivity index (χ1v) is 7.61. The van der Waals surface area contributed by atoms with Gasteiger partial charge in [-0.1, -0.05) is 17.7 Å². The standard InChI is InChI=1S/C16H24F3N3O/c1-13-5-7-14(8-6-13)23-12-11-22-15(20-2)21-10-4-3-9-16(17,18)19/h5-8H,3-4,9-12H2,1-2H3,(H2,20,21,22). The number of hydrogen-bond donors (Lipinski definition) is 2. The average molecular weight is 331 g/mol. The number of alkyl halides is 3. The summed E-state index contributed by atoms with van der Waals surface area (Å²) in [6.07, 6.45) is -4.26. The normalized spacial score (nSPS) is 12.1. The van der Waals surface area contributed by atoms with E-state index in [1.54, 1.807) is 7.05 Å². The Morgan fingerprint density at radius 3 is 2.35 bits per heavy atom. The molecule has 0 atom stereocenters. The molecular weight excluding hydrogens is 307 g/mol. The zero-order valence-electron chi connectivity index (χ0n) is 13.5. The summed E-state index contributed by atoms with van der Waals surface area (Å²) in [6, 6.07) is 7.76. The topological polar surface area (TPSA) is 45.7 Å². The van der Waals surface area contributed by atoms with Crippen LogP contribution in [0.3, 0.4) is 0 Å². The van der Waals surface area contributed by atoms with Gasteiger partial charge in [0.25, 0.3) is 0 Å². The van der Waals surface area contributed by atoms with Gasteiger partial charge in [0, 0.05) is 20.0 Å². The molecule has 0 bridgehead atoms. The van der Waals surface area contributed by atoms with Crippen molar-refractivity contribution in [1.82, 2.24) is 10.6 Å². The van der Waals surface area contributed by atoms with Crippen LogP contribution >= 0.6 is 0 Å². The van der Waals surface area contributed by atoms with E-state index in [9.17, 15) is 13.2 Å². The van der Waals surface area contributed by atoms with Crippen LogP contribution in [0.1, 0.15) is 24.8 Å². The molecule has 0 aliphatic heterocycles. The molecular formula is C16H24F3N3O. The second-order valence-electron chi connectivity index (χ2n) is 5.16. The molecule has 0 unspecified atom stereocenters. The van der Waals surface area contributed by atoms with E-state index in [4.69, 9.17) is 4.74 Å². The quantitative estimate of drug-likeness (QED) is 0.437.